The molecule has 0 bridgehead atoms. The minimum Gasteiger partial charge on any atom is -0.273 e. The summed E-state index contributed by atoms with van der Waals surface area (Å²) in [6.45, 7) is 0. The van der Waals surface area contributed by atoms with Gasteiger partial charge in [0.1, 0.15) is 0 Å². The van der Waals surface area contributed by atoms with Gasteiger partial charge in [0.05, 0.1) is 0 Å². The van der Waals surface area contributed by atoms with Crippen molar-refractivity contribution >= 4 is 17.7 Å². The number of nitrogens with one attached hydrogen (secondary N) is 1. The van der Waals surface area contributed by atoms with Gasteiger partial charge < -0.3 is 0 Å². The number of hydrogen-bond donors (Lipinski definition) is 1. The first-order valence-corrected chi connectivity index (χ1v) is 2.63. The molecule has 40 valence electrons. The van der Waals surface area contributed by atoms with E-state index in [9.17, 15) is 4.79 Å². The van der Waals surface area contributed by atoms with Gasteiger partial charge in [-0.1, -0.05) is 0 Å². The van der Waals surface area contributed by atoms with Crippen LogP contribution in [0.4, 0.5) is 0 Å². The summed E-state index contributed by atoms with van der Waals surface area (Å²) in [5, 5.41) is 0. The van der Waals surface area contributed by atoms with Crippen LogP contribution in [-0.2, 0) is 4.79 Å². The molecule has 2 nitrogen and oxygen atoms in total. The van der Waals surface area contributed by atoms with E-state index in [1.54, 1.807) is 0 Å². The van der Waals surface area contributed by atoms with Crippen molar-refractivity contribution in [3.05, 3.63) is 0 Å². The van der Waals surface area contributed by atoms with E-state index in [0.717, 1.165) is 12.8 Å². The molecule has 0 aromatic rings. The summed E-state index contributed by atoms with van der Waals surface area (Å²) < 4.78 is 0. The van der Waals surface area contributed by atoms with E-state index in [0.29, 0.717) is 0 Å². The third-order valence-corrected chi connectivity index (χ3v) is 1.23. The number of carbonyl (C=O) groups is 1. The highest BCUT2D eigenvalue weighted by Gasteiger charge is 2.28. The maximum atomic E-state index is 10.3. The van der Waals surface area contributed by atoms with Crippen molar-refractivity contribution in [3.8, 4) is 0 Å². The third-order valence-electron chi connectivity index (χ3n) is 1.04. The highest BCUT2D eigenvalue weighted by molar-refractivity contribution is 6.21. The van der Waals surface area contributed by atoms with Crippen LogP contribution in [0, 0.1) is 5.92 Å². The van der Waals surface area contributed by atoms with Crippen molar-refractivity contribution in [2.24, 2.45) is 5.92 Å². The van der Waals surface area contributed by atoms with Gasteiger partial charge in [0.15, 0.2) is 0 Å². The topological polar surface area (TPSA) is 29.1 Å². The summed E-state index contributed by atoms with van der Waals surface area (Å²) in [4.78, 5) is 12.4. The average molecular weight is 120 g/mol. The van der Waals surface area contributed by atoms with Gasteiger partial charge in [-0.15, -0.1) is 0 Å². The standard InChI is InChI=1S/C4H6ClNO/c5-6-4(7)3-1-2-3/h3H,1-2H2,(H,6,7). The van der Waals surface area contributed by atoms with Crippen LogP contribution in [0.3, 0.4) is 0 Å². The van der Waals surface area contributed by atoms with Gasteiger partial charge in [-0.3, -0.25) is 9.63 Å². The number of rotatable bonds is 1. The molecule has 1 fully saturated rings. The molecular formula is C4H6ClNO. The Morgan fingerprint density at radius 1 is 1.71 bits per heavy atom. The molecule has 1 saturated carbocycles. The smallest absolute Gasteiger partial charge is 0.237 e. The Bertz CT molecular complexity index is 89.7. The third kappa shape index (κ3) is 1.06. The Labute approximate surface area is 47.0 Å². The molecule has 1 aliphatic carbocycles. The summed E-state index contributed by atoms with van der Waals surface area (Å²) in [7, 11) is 0. The average Bonchev–Trinajstić information content (AvgIpc) is 2.44. The van der Waals surface area contributed by atoms with Crippen LogP contribution in [-0.4, -0.2) is 5.91 Å². The van der Waals surface area contributed by atoms with Crippen LogP contribution >= 0.6 is 11.8 Å². The van der Waals surface area contributed by atoms with Gasteiger partial charge in [0, 0.05) is 17.7 Å². The van der Waals surface area contributed by atoms with Gasteiger partial charge in [-0.2, -0.15) is 0 Å². The lowest BCUT2D eigenvalue weighted by Gasteiger charge is -1.86. The van der Waals surface area contributed by atoms with E-state index in [-0.39, 0.29) is 11.8 Å². The highest BCUT2D eigenvalue weighted by Crippen LogP contribution is 2.28. The zero-order valence-corrected chi connectivity index (χ0v) is 4.53. The first kappa shape index (κ1) is 4.91. The zero-order chi connectivity index (χ0) is 5.28. The first-order valence-electron chi connectivity index (χ1n) is 2.25. The normalized spacial score (nSPS) is 19.0. The molecular weight excluding hydrogens is 114 g/mol. The van der Waals surface area contributed by atoms with Crippen LogP contribution in [0.1, 0.15) is 12.8 Å². The predicted molar refractivity (Wildman–Crippen MR) is 26.7 cm³/mol. The van der Waals surface area contributed by atoms with E-state index in [1.165, 1.54) is 0 Å². The zero-order valence-electron chi connectivity index (χ0n) is 3.78. The Balaban J connectivity index is 2.24. The largest absolute Gasteiger partial charge is 0.273 e. The molecule has 1 rings (SSSR count). The maximum Gasteiger partial charge on any atom is 0.237 e. The van der Waals surface area contributed by atoms with Crippen molar-refractivity contribution in [2.45, 2.75) is 12.8 Å². The number of hydrogen-bond acceptors (Lipinski definition) is 1. The Hall–Kier alpha value is -0.240. The molecule has 7 heavy (non-hydrogen) atoms. The van der Waals surface area contributed by atoms with Gasteiger partial charge in [-0.25, -0.2) is 0 Å². The molecule has 0 heterocycles. The van der Waals surface area contributed by atoms with Crippen LogP contribution in [0.25, 0.3) is 0 Å². The molecule has 0 saturated heterocycles. The molecule has 3 heteroatoms. The van der Waals surface area contributed by atoms with E-state index < -0.39 is 0 Å². The van der Waals surface area contributed by atoms with Gasteiger partial charge >= 0.3 is 0 Å². The van der Waals surface area contributed by atoms with Crippen molar-refractivity contribution in [3.63, 3.8) is 0 Å². The van der Waals surface area contributed by atoms with Crippen LogP contribution in [0.5, 0.6) is 0 Å². The lowest BCUT2D eigenvalue weighted by Crippen LogP contribution is -2.13. The molecule has 0 aromatic carbocycles. The fraction of sp³-hybridized carbons (Fsp3) is 0.750. The van der Waals surface area contributed by atoms with E-state index in [2.05, 4.69) is 4.84 Å². The second-order valence-electron chi connectivity index (χ2n) is 1.73. The summed E-state index contributed by atoms with van der Waals surface area (Å²) >= 11 is 4.99. The van der Waals surface area contributed by atoms with E-state index in [4.69, 9.17) is 11.8 Å². The second kappa shape index (κ2) is 1.70. The van der Waals surface area contributed by atoms with Crippen molar-refractivity contribution in [1.82, 2.24) is 4.84 Å². The second-order valence-corrected chi connectivity index (χ2v) is 1.92. The van der Waals surface area contributed by atoms with Gasteiger partial charge in [0.2, 0.25) is 5.91 Å². The lowest BCUT2D eigenvalue weighted by atomic mass is 10.4. The summed E-state index contributed by atoms with van der Waals surface area (Å²) in [5.74, 6) is 0.208. The molecule has 0 spiro atoms. The van der Waals surface area contributed by atoms with Crippen LogP contribution in [0.2, 0.25) is 0 Å². The minimum absolute atomic E-state index is 0.0262. The molecule has 0 unspecified atom stereocenters. The van der Waals surface area contributed by atoms with Crippen molar-refractivity contribution in [2.75, 3.05) is 0 Å². The van der Waals surface area contributed by atoms with Gasteiger partial charge in [-0.05, 0) is 12.8 Å². The quantitative estimate of drug-likeness (QED) is 0.505. The molecule has 0 atom stereocenters. The van der Waals surface area contributed by atoms with Crippen LogP contribution < -0.4 is 4.84 Å². The van der Waals surface area contributed by atoms with Crippen molar-refractivity contribution in [1.29, 1.82) is 0 Å². The Morgan fingerprint density at radius 3 is 2.43 bits per heavy atom. The molecule has 0 radical (unpaired) electrons. The highest BCUT2D eigenvalue weighted by atomic mass is 35.5. The molecule has 1 aliphatic rings. The molecule has 0 aliphatic heterocycles. The van der Waals surface area contributed by atoms with E-state index in [1.807, 2.05) is 0 Å². The Morgan fingerprint density at radius 2 is 2.29 bits per heavy atom. The molecule has 1 N–H and O–H groups in total. The predicted octanol–water partition coefficient (Wildman–Crippen LogP) is 0.666. The SMILES string of the molecule is O=C(NCl)C1CC1. The Kier molecular flexibility index (Phi) is 1.19. The molecule has 0 aromatic heterocycles. The lowest BCUT2D eigenvalue weighted by molar-refractivity contribution is -0.120. The number of amides is 1. The minimum atomic E-state index is -0.0262. The number of halogens is 1. The molecule has 1 amide bonds. The van der Waals surface area contributed by atoms with Gasteiger partial charge in [0.25, 0.3) is 0 Å². The van der Waals surface area contributed by atoms with Crippen molar-refractivity contribution < 1.29 is 4.79 Å². The van der Waals surface area contributed by atoms with E-state index >= 15 is 0 Å². The summed E-state index contributed by atoms with van der Waals surface area (Å²) in [5.41, 5.74) is 0. The summed E-state index contributed by atoms with van der Waals surface area (Å²) in [6.07, 6.45) is 2.02. The fourth-order valence-electron chi connectivity index (χ4n) is 0.423. The first-order chi connectivity index (χ1) is 3.34. The number of carbonyl (C=O) groups excluding carboxylic acids is 1. The summed E-state index contributed by atoms with van der Waals surface area (Å²) in [6, 6.07) is 0. The fourth-order valence-corrected chi connectivity index (χ4v) is 0.577. The monoisotopic (exact) mass is 119 g/mol. The maximum absolute atomic E-state index is 10.3. The van der Waals surface area contributed by atoms with Crippen LogP contribution in [0.15, 0.2) is 0 Å².